The third-order valence-electron chi connectivity index (χ3n) is 3.62. The van der Waals surface area contributed by atoms with Gasteiger partial charge in [0.25, 0.3) is 0 Å². The van der Waals surface area contributed by atoms with E-state index in [1.807, 2.05) is 0 Å². The van der Waals surface area contributed by atoms with Gasteiger partial charge in [-0.3, -0.25) is 4.90 Å². The predicted octanol–water partition coefficient (Wildman–Crippen LogP) is 4.00. The van der Waals surface area contributed by atoms with E-state index in [-0.39, 0.29) is 6.42 Å². The molecule has 0 amide bonds. The molecule has 1 aromatic carbocycles. The van der Waals surface area contributed by atoms with Crippen LogP contribution in [-0.4, -0.2) is 30.2 Å². The van der Waals surface area contributed by atoms with Gasteiger partial charge < -0.3 is 5.73 Å². The predicted molar refractivity (Wildman–Crippen MR) is 75.7 cm³/mol. The standard InChI is InChI=1S/C14H20ClF3N2/c1-4-12(19)13(14(16,17)18)20(3)9(2)10-7-5-6-8-11(10)15/h5-9,12-13H,4,19H2,1-3H3. The Morgan fingerprint density at radius 1 is 1.30 bits per heavy atom. The average Bonchev–Trinajstić information content (AvgIpc) is 2.36. The van der Waals surface area contributed by atoms with Crippen LogP contribution in [0.4, 0.5) is 13.2 Å². The first-order valence-electron chi connectivity index (χ1n) is 6.48. The Bertz CT molecular complexity index is 437. The Labute approximate surface area is 122 Å². The van der Waals surface area contributed by atoms with Crippen LogP contribution in [0, 0.1) is 0 Å². The van der Waals surface area contributed by atoms with E-state index in [1.54, 1.807) is 38.1 Å². The summed E-state index contributed by atoms with van der Waals surface area (Å²) in [5.41, 5.74) is 6.32. The molecule has 0 saturated heterocycles. The first-order valence-corrected chi connectivity index (χ1v) is 6.86. The molecule has 0 aliphatic heterocycles. The molecule has 3 unspecified atom stereocenters. The molecule has 6 heteroatoms. The smallest absolute Gasteiger partial charge is 0.326 e. The molecule has 0 saturated carbocycles. The Morgan fingerprint density at radius 2 is 1.85 bits per heavy atom. The van der Waals surface area contributed by atoms with Crippen molar-refractivity contribution in [1.29, 1.82) is 0 Å². The number of likely N-dealkylation sites (N-methyl/N-ethyl adjacent to an activating group) is 1. The number of rotatable bonds is 5. The summed E-state index contributed by atoms with van der Waals surface area (Å²) in [6.45, 7) is 3.35. The fraction of sp³-hybridized carbons (Fsp3) is 0.571. The lowest BCUT2D eigenvalue weighted by Crippen LogP contribution is -2.55. The third kappa shape index (κ3) is 3.87. The van der Waals surface area contributed by atoms with Crippen LogP contribution in [0.25, 0.3) is 0 Å². The van der Waals surface area contributed by atoms with Gasteiger partial charge in [0.1, 0.15) is 6.04 Å². The summed E-state index contributed by atoms with van der Waals surface area (Å²) in [6.07, 6.45) is -4.12. The summed E-state index contributed by atoms with van der Waals surface area (Å²) < 4.78 is 39.7. The highest BCUT2D eigenvalue weighted by atomic mass is 35.5. The van der Waals surface area contributed by atoms with E-state index < -0.39 is 24.3 Å². The van der Waals surface area contributed by atoms with Gasteiger partial charge in [-0.2, -0.15) is 13.2 Å². The minimum Gasteiger partial charge on any atom is -0.326 e. The van der Waals surface area contributed by atoms with Crippen molar-refractivity contribution < 1.29 is 13.2 Å². The molecule has 0 aliphatic rings. The molecule has 0 fully saturated rings. The van der Waals surface area contributed by atoms with Crippen LogP contribution in [0.3, 0.4) is 0 Å². The molecule has 0 bridgehead atoms. The summed E-state index contributed by atoms with van der Waals surface area (Å²) >= 11 is 6.06. The lowest BCUT2D eigenvalue weighted by Gasteiger charge is -2.37. The quantitative estimate of drug-likeness (QED) is 0.891. The normalized spacial score (nSPS) is 17.1. The summed E-state index contributed by atoms with van der Waals surface area (Å²) in [6, 6.07) is 3.76. The van der Waals surface area contributed by atoms with Crippen molar-refractivity contribution in [2.24, 2.45) is 5.73 Å². The van der Waals surface area contributed by atoms with E-state index in [2.05, 4.69) is 0 Å². The third-order valence-corrected chi connectivity index (χ3v) is 3.96. The van der Waals surface area contributed by atoms with Crippen LogP contribution in [0.1, 0.15) is 31.9 Å². The fourth-order valence-electron chi connectivity index (χ4n) is 2.27. The summed E-state index contributed by atoms with van der Waals surface area (Å²) in [5, 5.41) is 0.456. The van der Waals surface area contributed by atoms with E-state index in [0.29, 0.717) is 10.6 Å². The molecule has 0 radical (unpaired) electrons. The SMILES string of the molecule is CCC(N)C(N(C)C(C)c1ccccc1Cl)C(F)(F)F. The second-order valence-electron chi connectivity index (χ2n) is 4.92. The van der Waals surface area contributed by atoms with Crippen LogP contribution >= 0.6 is 11.6 Å². The maximum Gasteiger partial charge on any atom is 0.405 e. The van der Waals surface area contributed by atoms with Crippen LogP contribution in [0.15, 0.2) is 24.3 Å². The number of nitrogens with two attached hydrogens (primary N) is 1. The zero-order valence-electron chi connectivity index (χ0n) is 11.8. The van der Waals surface area contributed by atoms with Gasteiger partial charge in [0, 0.05) is 17.1 Å². The molecule has 2 nitrogen and oxygen atoms in total. The molecule has 0 heterocycles. The van der Waals surface area contributed by atoms with Crippen molar-refractivity contribution in [1.82, 2.24) is 4.90 Å². The largest absolute Gasteiger partial charge is 0.405 e. The second kappa shape index (κ2) is 6.78. The highest BCUT2D eigenvalue weighted by Gasteiger charge is 2.46. The minimum absolute atomic E-state index is 0.254. The Balaban J connectivity index is 3.07. The highest BCUT2D eigenvalue weighted by Crippen LogP contribution is 2.34. The first-order chi connectivity index (χ1) is 9.20. The van der Waals surface area contributed by atoms with Crippen molar-refractivity contribution in [3.63, 3.8) is 0 Å². The van der Waals surface area contributed by atoms with Crippen LogP contribution in [0.5, 0.6) is 0 Å². The summed E-state index contributed by atoms with van der Waals surface area (Å²) in [7, 11) is 1.43. The van der Waals surface area contributed by atoms with Crippen molar-refractivity contribution in [3.8, 4) is 0 Å². The maximum atomic E-state index is 13.2. The molecule has 0 aliphatic carbocycles. The highest BCUT2D eigenvalue weighted by molar-refractivity contribution is 6.31. The first kappa shape index (κ1) is 17.3. The van der Waals surface area contributed by atoms with Gasteiger partial charge in [-0.05, 0) is 32.0 Å². The molecule has 0 aromatic heterocycles. The Morgan fingerprint density at radius 3 is 2.30 bits per heavy atom. The molecule has 1 aromatic rings. The van der Waals surface area contributed by atoms with Gasteiger partial charge in [-0.15, -0.1) is 0 Å². The molecule has 3 atom stereocenters. The molecular formula is C14H20ClF3N2. The number of alkyl halides is 3. The maximum absolute atomic E-state index is 13.2. The van der Waals surface area contributed by atoms with Crippen molar-refractivity contribution >= 4 is 11.6 Å². The Hall–Kier alpha value is -0.780. The number of benzene rings is 1. The van der Waals surface area contributed by atoms with Gasteiger partial charge in [-0.1, -0.05) is 36.7 Å². The van der Waals surface area contributed by atoms with Crippen LogP contribution in [-0.2, 0) is 0 Å². The van der Waals surface area contributed by atoms with Gasteiger partial charge in [0.2, 0.25) is 0 Å². The van der Waals surface area contributed by atoms with Gasteiger partial charge in [0.05, 0.1) is 0 Å². The molecular weight excluding hydrogens is 289 g/mol. The Kier molecular flexibility index (Phi) is 5.86. The molecule has 20 heavy (non-hydrogen) atoms. The van der Waals surface area contributed by atoms with Gasteiger partial charge in [0.15, 0.2) is 0 Å². The zero-order valence-corrected chi connectivity index (χ0v) is 12.5. The fourth-order valence-corrected chi connectivity index (χ4v) is 2.57. The summed E-state index contributed by atoms with van der Waals surface area (Å²) in [5.74, 6) is 0. The van der Waals surface area contributed by atoms with E-state index in [9.17, 15) is 13.2 Å². The van der Waals surface area contributed by atoms with Crippen molar-refractivity contribution in [2.45, 2.75) is 44.6 Å². The number of nitrogens with zero attached hydrogens (tertiary/aromatic N) is 1. The minimum atomic E-state index is -4.38. The van der Waals surface area contributed by atoms with Crippen molar-refractivity contribution in [3.05, 3.63) is 34.9 Å². The van der Waals surface area contributed by atoms with Crippen molar-refractivity contribution in [2.75, 3.05) is 7.05 Å². The summed E-state index contributed by atoms with van der Waals surface area (Å²) in [4.78, 5) is 1.25. The zero-order chi connectivity index (χ0) is 15.5. The van der Waals surface area contributed by atoms with Crippen LogP contribution < -0.4 is 5.73 Å². The monoisotopic (exact) mass is 308 g/mol. The van der Waals surface area contributed by atoms with E-state index in [0.717, 1.165) is 0 Å². The average molecular weight is 309 g/mol. The van der Waals surface area contributed by atoms with Crippen LogP contribution in [0.2, 0.25) is 5.02 Å². The van der Waals surface area contributed by atoms with Gasteiger partial charge in [-0.25, -0.2) is 0 Å². The lowest BCUT2D eigenvalue weighted by atomic mass is 10.00. The van der Waals surface area contributed by atoms with E-state index >= 15 is 0 Å². The van der Waals surface area contributed by atoms with E-state index in [1.165, 1.54) is 11.9 Å². The molecule has 1 rings (SSSR count). The lowest BCUT2D eigenvalue weighted by molar-refractivity contribution is -0.191. The second-order valence-corrected chi connectivity index (χ2v) is 5.33. The molecule has 114 valence electrons. The topological polar surface area (TPSA) is 29.3 Å². The molecule has 0 spiro atoms. The van der Waals surface area contributed by atoms with Gasteiger partial charge >= 0.3 is 6.18 Å². The number of hydrogen-bond donors (Lipinski definition) is 1. The van der Waals surface area contributed by atoms with E-state index in [4.69, 9.17) is 17.3 Å². The number of hydrogen-bond acceptors (Lipinski definition) is 2. The molecule has 2 N–H and O–H groups in total. The number of halogens is 4.